The molecule has 1 aromatic carbocycles. The van der Waals surface area contributed by atoms with Gasteiger partial charge in [-0.05, 0) is 63.0 Å². The number of hydrogen-bond donors (Lipinski definition) is 1. The number of rotatable bonds is 10. The van der Waals surface area contributed by atoms with Crippen molar-refractivity contribution in [3.63, 3.8) is 0 Å². The zero-order valence-corrected chi connectivity index (χ0v) is 16.3. The maximum Gasteiger partial charge on any atom is 0.387 e. The predicted molar refractivity (Wildman–Crippen MR) is 101 cm³/mol. The minimum Gasteiger partial charge on any atom is -0.435 e. The lowest BCUT2D eigenvalue weighted by atomic mass is 9.99. The number of carbonyl (C=O) groups excluding carboxylic acids is 1. The molecule has 162 valence electrons. The van der Waals surface area contributed by atoms with E-state index in [1.54, 1.807) is 0 Å². The number of carbonyl (C=O) groups is 1. The van der Waals surface area contributed by atoms with Crippen molar-refractivity contribution >= 4 is 12.0 Å². The van der Waals surface area contributed by atoms with Crippen LogP contribution in [0.5, 0.6) is 11.5 Å². The summed E-state index contributed by atoms with van der Waals surface area (Å²) in [6.07, 6.45) is 5.67. The van der Waals surface area contributed by atoms with Gasteiger partial charge in [0.2, 0.25) is 5.91 Å². The average Bonchev–Trinajstić information content (AvgIpc) is 2.65. The molecule has 1 aliphatic heterocycles. The summed E-state index contributed by atoms with van der Waals surface area (Å²) in [6.45, 7) is -0.419. The summed E-state index contributed by atoms with van der Waals surface area (Å²) < 4.78 is 58.2. The summed E-state index contributed by atoms with van der Waals surface area (Å²) in [7, 11) is 0. The van der Waals surface area contributed by atoms with E-state index in [0.717, 1.165) is 38.0 Å². The number of nitrogens with zero attached hydrogens (tertiary/aromatic N) is 1. The molecule has 1 fully saturated rings. The largest absolute Gasteiger partial charge is 0.435 e. The number of alkyl halides is 4. The van der Waals surface area contributed by atoms with E-state index >= 15 is 0 Å². The van der Waals surface area contributed by atoms with Crippen LogP contribution in [-0.4, -0.2) is 50.2 Å². The quantitative estimate of drug-likeness (QED) is 0.353. The fourth-order valence-corrected chi connectivity index (χ4v) is 3.05. The molecule has 5 nitrogen and oxygen atoms in total. The first-order chi connectivity index (χ1) is 13.8. The van der Waals surface area contributed by atoms with Crippen molar-refractivity contribution in [1.29, 1.82) is 0 Å². The van der Waals surface area contributed by atoms with Gasteiger partial charge < -0.3 is 19.7 Å². The van der Waals surface area contributed by atoms with Crippen LogP contribution in [0.1, 0.15) is 31.7 Å². The third-order valence-electron chi connectivity index (χ3n) is 4.67. The summed E-state index contributed by atoms with van der Waals surface area (Å²) >= 11 is 0. The van der Waals surface area contributed by atoms with E-state index in [1.807, 2.05) is 0 Å². The fraction of sp³-hybridized carbons (Fsp3) is 0.550. The van der Waals surface area contributed by atoms with Crippen LogP contribution in [0.2, 0.25) is 0 Å². The number of nitrogens with one attached hydrogen (secondary N) is 1. The van der Waals surface area contributed by atoms with Crippen molar-refractivity contribution < 1.29 is 31.8 Å². The van der Waals surface area contributed by atoms with Crippen molar-refractivity contribution in [3.05, 3.63) is 29.8 Å². The van der Waals surface area contributed by atoms with E-state index in [-0.39, 0.29) is 23.0 Å². The molecule has 0 radical (unpaired) electrons. The molecule has 1 saturated heterocycles. The Morgan fingerprint density at radius 1 is 1.21 bits per heavy atom. The summed E-state index contributed by atoms with van der Waals surface area (Å²) in [5.74, 6) is -0.287. The maximum atomic E-state index is 12.6. The van der Waals surface area contributed by atoms with Gasteiger partial charge in [-0.2, -0.15) is 17.6 Å². The minimum atomic E-state index is -3.14. The van der Waals surface area contributed by atoms with E-state index in [2.05, 4.69) is 26.6 Å². The normalized spacial score (nSPS) is 16.0. The van der Waals surface area contributed by atoms with E-state index in [0.29, 0.717) is 6.54 Å². The topological polar surface area (TPSA) is 50.8 Å². The van der Waals surface area contributed by atoms with Gasteiger partial charge in [-0.25, -0.2) is 0 Å². The number of piperidine rings is 1. The first-order valence-electron chi connectivity index (χ1n) is 9.55. The smallest absolute Gasteiger partial charge is 0.387 e. The standard InChI is InChI=1S/C20H26F4N2O3/c1-14-7-11-26(12-8-14)10-2-9-25-18(27)6-4-15-3-5-16(28-19(21)22)13-17(15)29-20(23)24/h3-6,13-14,19-20H,2,7-12H2,1H3,(H,25,27)/b6-4+. The Hall–Kier alpha value is -2.29. The fourth-order valence-electron chi connectivity index (χ4n) is 3.05. The van der Waals surface area contributed by atoms with Crippen LogP contribution in [0.15, 0.2) is 24.3 Å². The van der Waals surface area contributed by atoms with Crippen LogP contribution in [-0.2, 0) is 4.79 Å². The second-order valence-corrected chi connectivity index (χ2v) is 6.96. The highest BCUT2D eigenvalue weighted by molar-refractivity contribution is 5.92. The van der Waals surface area contributed by atoms with Gasteiger partial charge in [-0.1, -0.05) is 6.92 Å². The SMILES string of the molecule is CC1CCN(CCCNC(=O)/C=C/c2ccc(OC(F)F)cc2OC(F)F)CC1. The highest BCUT2D eigenvalue weighted by atomic mass is 19.3. The van der Waals surface area contributed by atoms with Crippen molar-refractivity contribution in [2.45, 2.75) is 39.4 Å². The number of likely N-dealkylation sites (tertiary alicyclic amines) is 1. The molecule has 1 aliphatic rings. The minimum absolute atomic E-state index is 0.143. The first kappa shape index (κ1) is 23.0. The molecule has 1 amide bonds. The van der Waals surface area contributed by atoms with Gasteiger partial charge in [0, 0.05) is 24.3 Å². The molecule has 29 heavy (non-hydrogen) atoms. The third kappa shape index (κ3) is 8.72. The Bertz CT molecular complexity index is 678. The van der Waals surface area contributed by atoms with Crippen molar-refractivity contribution in [2.24, 2.45) is 5.92 Å². The first-order valence-corrected chi connectivity index (χ1v) is 9.55. The molecule has 1 heterocycles. The van der Waals surface area contributed by atoms with Crippen molar-refractivity contribution in [1.82, 2.24) is 10.2 Å². The monoisotopic (exact) mass is 418 g/mol. The molecule has 0 bridgehead atoms. The second kappa shape index (κ2) is 11.6. The van der Waals surface area contributed by atoms with Crippen LogP contribution in [0.4, 0.5) is 17.6 Å². The van der Waals surface area contributed by atoms with E-state index in [1.165, 1.54) is 37.1 Å². The molecular weight excluding hydrogens is 392 g/mol. The molecule has 0 aliphatic carbocycles. The predicted octanol–water partition coefficient (Wildman–Crippen LogP) is 4.14. The summed E-state index contributed by atoms with van der Waals surface area (Å²) in [6, 6.07) is 3.37. The number of hydrogen-bond acceptors (Lipinski definition) is 4. The second-order valence-electron chi connectivity index (χ2n) is 6.96. The van der Waals surface area contributed by atoms with Gasteiger partial charge in [0.1, 0.15) is 11.5 Å². The molecular formula is C20H26F4N2O3. The lowest BCUT2D eigenvalue weighted by Crippen LogP contribution is -2.35. The number of benzene rings is 1. The van der Waals surface area contributed by atoms with Gasteiger partial charge in [0.15, 0.2) is 0 Å². The van der Waals surface area contributed by atoms with E-state index < -0.39 is 13.2 Å². The van der Waals surface area contributed by atoms with Crippen molar-refractivity contribution in [3.8, 4) is 11.5 Å². The number of amides is 1. The third-order valence-corrected chi connectivity index (χ3v) is 4.67. The van der Waals surface area contributed by atoms with E-state index in [9.17, 15) is 22.4 Å². The molecule has 2 rings (SSSR count). The zero-order chi connectivity index (χ0) is 21.2. The summed E-state index contributed by atoms with van der Waals surface area (Å²) in [4.78, 5) is 14.3. The Kier molecular flexibility index (Phi) is 9.24. The average molecular weight is 418 g/mol. The highest BCUT2D eigenvalue weighted by Crippen LogP contribution is 2.28. The van der Waals surface area contributed by atoms with Crippen molar-refractivity contribution in [2.75, 3.05) is 26.2 Å². The van der Waals surface area contributed by atoms with Gasteiger partial charge >= 0.3 is 13.2 Å². The van der Waals surface area contributed by atoms with Gasteiger partial charge in [0.25, 0.3) is 0 Å². The van der Waals surface area contributed by atoms with Crippen LogP contribution < -0.4 is 14.8 Å². The van der Waals surface area contributed by atoms with Crippen LogP contribution in [0, 0.1) is 5.92 Å². The molecule has 1 aromatic rings. The summed E-state index contributed by atoms with van der Waals surface area (Å²) in [5.41, 5.74) is 0.143. The molecule has 0 saturated carbocycles. The molecule has 0 aromatic heterocycles. The van der Waals surface area contributed by atoms with E-state index in [4.69, 9.17) is 0 Å². The van der Waals surface area contributed by atoms with Gasteiger partial charge in [0.05, 0.1) is 0 Å². The van der Waals surface area contributed by atoms with Crippen LogP contribution in [0.25, 0.3) is 6.08 Å². The molecule has 0 atom stereocenters. The lowest BCUT2D eigenvalue weighted by Gasteiger charge is -2.30. The van der Waals surface area contributed by atoms with Gasteiger partial charge in [-0.15, -0.1) is 0 Å². The Labute approximate surface area is 167 Å². The maximum absolute atomic E-state index is 12.6. The lowest BCUT2D eigenvalue weighted by molar-refractivity contribution is -0.116. The molecule has 9 heteroatoms. The Morgan fingerprint density at radius 3 is 2.55 bits per heavy atom. The molecule has 0 spiro atoms. The number of ether oxygens (including phenoxy) is 2. The van der Waals surface area contributed by atoms with Gasteiger partial charge in [-0.3, -0.25) is 4.79 Å². The van der Waals surface area contributed by atoms with Crippen LogP contribution >= 0.6 is 0 Å². The summed E-state index contributed by atoms with van der Waals surface area (Å²) in [5, 5.41) is 2.73. The molecule has 1 N–H and O–H groups in total. The highest BCUT2D eigenvalue weighted by Gasteiger charge is 2.15. The Morgan fingerprint density at radius 2 is 1.90 bits per heavy atom. The molecule has 0 unspecified atom stereocenters. The van der Waals surface area contributed by atoms with Crippen LogP contribution in [0.3, 0.4) is 0 Å². The Balaban J connectivity index is 1.83. The number of halogens is 4. The zero-order valence-electron chi connectivity index (χ0n) is 16.3.